The Labute approximate surface area is 111 Å². The maximum Gasteiger partial charge on any atom is 0.164 e. The molecule has 1 aliphatic carbocycles. The number of hydrogen-bond donors (Lipinski definition) is 0. The van der Waals surface area contributed by atoms with Crippen LogP contribution in [0.4, 0.5) is 0 Å². The highest BCUT2D eigenvalue weighted by Gasteiger charge is 2.22. The molecule has 0 aromatic heterocycles. The molecule has 1 aliphatic rings. The molecule has 2 aromatic carbocycles. The highest BCUT2D eigenvalue weighted by Crippen LogP contribution is 2.33. The van der Waals surface area contributed by atoms with E-state index in [1.807, 2.05) is 6.07 Å². The van der Waals surface area contributed by atoms with Crippen molar-refractivity contribution in [1.82, 2.24) is 0 Å². The molecule has 0 saturated carbocycles. The lowest BCUT2D eigenvalue weighted by molar-refractivity contribution is 0.0992. The van der Waals surface area contributed by atoms with Gasteiger partial charge in [0, 0.05) is 22.6 Å². The molecule has 0 radical (unpaired) electrons. The zero-order valence-electron chi connectivity index (χ0n) is 10.1. The molecule has 0 spiro atoms. The Bertz CT molecular complexity index is 575. The van der Waals surface area contributed by atoms with Crippen molar-refractivity contribution in [2.24, 2.45) is 0 Å². The van der Waals surface area contributed by atoms with Crippen molar-refractivity contribution >= 4 is 17.5 Å². The maximum atomic E-state index is 11.9. The van der Waals surface area contributed by atoms with Crippen LogP contribution in [0.2, 0.25) is 0 Å². The minimum absolute atomic E-state index is 0.307. The summed E-state index contributed by atoms with van der Waals surface area (Å²) in [5.74, 6) is 1.23. The summed E-state index contributed by atoms with van der Waals surface area (Å²) in [5, 5.41) is 0. The molecule has 1 nitrogen and oxygen atoms in total. The van der Waals surface area contributed by atoms with E-state index in [-0.39, 0.29) is 0 Å². The SMILES string of the molecule is O=C1CCc2cccc(SCc3ccccc3)c21. The number of aryl methyl sites for hydroxylation is 1. The molecule has 0 fully saturated rings. The molecule has 90 valence electrons. The van der Waals surface area contributed by atoms with Gasteiger partial charge in [-0.25, -0.2) is 0 Å². The monoisotopic (exact) mass is 254 g/mol. The molecular formula is C16H14OS. The summed E-state index contributed by atoms with van der Waals surface area (Å²) >= 11 is 1.76. The largest absolute Gasteiger partial charge is 0.294 e. The molecule has 0 heterocycles. The van der Waals surface area contributed by atoms with E-state index in [4.69, 9.17) is 0 Å². The topological polar surface area (TPSA) is 17.1 Å². The van der Waals surface area contributed by atoms with Gasteiger partial charge in [0.05, 0.1) is 0 Å². The van der Waals surface area contributed by atoms with Crippen LogP contribution in [-0.2, 0) is 12.2 Å². The van der Waals surface area contributed by atoms with Gasteiger partial charge in [0.1, 0.15) is 0 Å². The summed E-state index contributed by atoms with van der Waals surface area (Å²) in [6.07, 6.45) is 1.59. The van der Waals surface area contributed by atoms with Crippen LogP contribution in [0.3, 0.4) is 0 Å². The van der Waals surface area contributed by atoms with Gasteiger partial charge >= 0.3 is 0 Å². The van der Waals surface area contributed by atoms with Gasteiger partial charge in [0.15, 0.2) is 5.78 Å². The lowest BCUT2D eigenvalue weighted by Gasteiger charge is -2.07. The smallest absolute Gasteiger partial charge is 0.164 e. The van der Waals surface area contributed by atoms with Crippen molar-refractivity contribution in [3.8, 4) is 0 Å². The van der Waals surface area contributed by atoms with E-state index >= 15 is 0 Å². The number of hydrogen-bond acceptors (Lipinski definition) is 2. The minimum atomic E-state index is 0.307. The highest BCUT2D eigenvalue weighted by molar-refractivity contribution is 7.98. The summed E-state index contributed by atoms with van der Waals surface area (Å²) < 4.78 is 0. The summed E-state index contributed by atoms with van der Waals surface area (Å²) in [5.41, 5.74) is 3.49. The van der Waals surface area contributed by atoms with E-state index in [1.54, 1.807) is 11.8 Å². The van der Waals surface area contributed by atoms with Crippen LogP contribution in [0.1, 0.15) is 27.9 Å². The first-order valence-electron chi connectivity index (χ1n) is 6.16. The summed E-state index contributed by atoms with van der Waals surface area (Å²) in [6, 6.07) is 16.6. The van der Waals surface area contributed by atoms with E-state index < -0.39 is 0 Å². The molecule has 3 rings (SSSR count). The van der Waals surface area contributed by atoms with Crippen LogP contribution in [-0.4, -0.2) is 5.78 Å². The molecule has 0 aliphatic heterocycles. The Morgan fingerprint density at radius 1 is 0.944 bits per heavy atom. The second-order valence-electron chi connectivity index (χ2n) is 4.49. The van der Waals surface area contributed by atoms with E-state index in [2.05, 4.69) is 42.5 Å². The third-order valence-electron chi connectivity index (χ3n) is 3.25. The lowest BCUT2D eigenvalue weighted by atomic mass is 10.1. The van der Waals surface area contributed by atoms with Crippen LogP contribution < -0.4 is 0 Å². The van der Waals surface area contributed by atoms with Crippen molar-refractivity contribution in [3.05, 3.63) is 65.2 Å². The van der Waals surface area contributed by atoms with Gasteiger partial charge in [-0.1, -0.05) is 42.5 Å². The van der Waals surface area contributed by atoms with Crippen LogP contribution in [0.15, 0.2) is 53.4 Å². The number of benzene rings is 2. The highest BCUT2D eigenvalue weighted by atomic mass is 32.2. The lowest BCUT2D eigenvalue weighted by Crippen LogP contribution is -1.94. The average molecular weight is 254 g/mol. The van der Waals surface area contributed by atoms with Crippen LogP contribution >= 0.6 is 11.8 Å². The Balaban J connectivity index is 1.82. The maximum absolute atomic E-state index is 11.9. The number of rotatable bonds is 3. The quantitative estimate of drug-likeness (QED) is 0.767. The van der Waals surface area contributed by atoms with Gasteiger partial charge in [-0.3, -0.25) is 4.79 Å². The molecule has 0 N–H and O–H groups in total. The zero-order chi connectivity index (χ0) is 12.4. The molecular weight excluding hydrogens is 240 g/mol. The Morgan fingerprint density at radius 3 is 2.61 bits per heavy atom. The van der Waals surface area contributed by atoms with Crippen molar-refractivity contribution in [1.29, 1.82) is 0 Å². The third-order valence-corrected chi connectivity index (χ3v) is 4.38. The van der Waals surface area contributed by atoms with Gasteiger partial charge in [-0.2, -0.15) is 0 Å². The van der Waals surface area contributed by atoms with Gasteiger partial charge < -0.3 is 0 Å². The number of ketones is 1. The van der Waals surface area contributed by atoms with Gasteiger partial charge in [-0.15, -0.1) is 11.8 Å². The van der Waals surface area contributed by atoms with Crippen molar-refractivity contribution in [2.45, 2.75) is 23.5 Å². The predicted molar refractivity (Wildman–Crippen MR) is 75.1 cm³/mol. The van der Waals surface area contributed by atoms with Crippen LogP contribution in [0, 0.1) is 0 Å². The van der Waals surface area contributed by atoms with Crippen molar-refractivity contribution in [2.75, 3.05) is 0 Å². The fourth-order valence-electron chi connectivity index (χ4n) is 2.33. The Hall–Kier alpha value is -1.54. The molecule has 0 atom stereocenters. The first-order valence-corrected chi connectivity index (χ1v) is 7.15. The van der Waals surface area contributed by atoms with E-state index in [0.29, 0.717) is 12.2 Å². The van der Waals surface area contributed by atoms with Crippen molar-refractivity contribution < 1.29 is 4.79 Å². The van der Waals surface area contributed by atoms with E-state index in [1.165, 1.54) is 11.1 Å². The fourth-order valence-corrected chi connectivity index (χ4v) is 3.41. The Kier molecular flexibility index (Phi) is 3.20. The fraction of sp³-hybridized carbons (Fsp3) is 0.188. The second-order valence-corrected chi connectivity index (χ2v) is 5.50. The molecule has 0 saturated heterocycles. The van der Waals surface area contributed by atoms with Gasteiger partial charge in [-0.05, 0) is 23.6 Å². The van der Waals surface area contributed by atoms with Crippen molar-refractivity contribution in [3.63, 3.8) is 0 Å². The standard InChI is InChI=1S/C16H14OS/c17-14-10-9-13-7-4-8-15(16(13)14)18-11-12-5-2-1-3-6-12/h1-8H,9-11H2. The second kappa shape index (κ2) is 4.99. The predicted octanol–water partition coefficient (Wildman–Crippen LogP) is 4.11. The van der Waals surface area contributed by atoms with Gasteiger partial charge in [0.2, 0.25) is 0 Å². The Morgan fingerprint density at radius 2 is 1.78 bits per heavy atom. The summed E-state index contributed by atoms with van der Waals surface area (Å²) in [4.78, 5) is 13.0. The van der Waals surface area contributed by atoms with Crippen LogP contribution in [0.25, 0.3) is 0 Å². The number of carbonyl (C=O) groups is 1. The summed E-state index contributed by atoms with van der Waals surface area (Å²) in [7, 11) is 0. The molecule has 2 heteroatoms. The first-order chi connectivity index (χ1) is 8.84. The number of Topliss-reactive ketones (excluding diaryl/α,β-unsaturated/α-hetero) is 1. The van der Waals surface area contributed by atoms with E-state index in [0.717, 1.165) is 22.6 Å². The third kappa shape index (κ3) is 2.21. The molecule has 0 bridgehead atoms. The minimum Gasteiger partial charge on any atom is -0.294 e. The number of thioether (sulfide) groups is 1. The van der Waals surface area contributed by atoms with E-state index in [9.17, 15) is 4.79 Å². The molecule has 18 heavy (non-hydrogen) atoms. The van der Waals surface area contributed by atoms with Crippen LogP contribution in [0.5, 0.6) is 0 Å². The normalized spacial score (nSPS) is 13.7. The zero-order valence-corrected chi connectivity index (χ0v) is 10.9. The summed E-state index contributed by atoms with van der Waals surface area (Å²) in [6.45, 7) is 0. The molecule has 0 unspecified atom stereocenters. The number of carbonyl (C=O) groups excluding carboxylic acids is 1. The molecule has 2 aromatic rings. The first kappa shape index (κ1) is 11.5. The van der Waals surface area contributed by atoms with Gasteiger partial charge in [0.25, 0.3) is 0 Å². The average Bonchev–Trinajstić information content (AvgIpc) is 2.80. The molecule has 0 amide bonds. The number of fused-ring (bicyclic) bond motifs is 1.